The van der Waals surface area contributed by atoms with E-state index in [1.165, 1.54) is 30.3 Å². The highest BCUT2D eigenvalue weighted by atomic mass is 32.2. The number of nitrogens with zero attached hydrogens (tertiary/aromatic N) is 1. The number of carbonyl (C=O) groups is 2. The monoisotopic (exact) mass is 459 g/mol. The maximum absolute atomic E-state index is 12.5. The number of carbonyl (C=O) groups excluding carboxylic acids is 2. The van der Waals surface area contributed by atoms with Gasteiger partial charge in [0.25, 0.3) is 5.91 Å². The molecule has 168 valence electrons. The van der Waals surface area contributed by atoms with Crippen molar-refractivity contribution < 1.29 is 35.9 Å². The molecule has 8 nitrogen and oxygen atoms in total. The van der Waals surface area contributed by atoms with Crippen LogP contribution in [0.2, 0.25) is 0 Å². The Hall–Kier alpha value is -3.15. The lowest BCUT2D eigenvalue weighted by atomic mass is 10.2. The lowest BCUT2D eigenvalue weighted by Gasteiger charge is -2.10. The molecule has 1 heterocycles. The summed E-state index contributed by atoms with van der Waals surface area (Å²) in [6.07, 6.45) is -3.80. The average molecular weight is 459 g/mol. The van der Waals surface area contributed by atoms with Gasteiger partial charge in [0, 0.05) is 24.0 Å². The molecular weight excluding hydrogens is 439 g/mol. The molecule has 0 unspecified atom stereocenters. The summed E-state index contributed by atoms with van der Waals surface area (Å²) in [6.45, 7) is 1.74. The number of pyridine rings is 1. The van der Waals surface area contributed by atoms with E-state index in [-0.39, 0.29) is 30.8 Å². The van der Waals surface area contributed by atoms with Crippen LogP contribution in [0.3, 0.4) is 0 Å². The molecule has 1 aromatic heterocycles. The maximum atomic E-state index is 12.5. The number of ether oxygens (including phenoxy) is 1. The van der Waals surface area contributed by atoms with Gasteiger partial charge in [-0.25, -0.2) is 8.42 Å². The number of esters is 1. The molecule has 0 aliphatic carbocycles. The molecule has 31 heavy (non-hydrogen) atoms. The average Bonchev–Trinajstić information content (AvgIpc) is 2.71. The second-order valence-corrected chi connectivity index (χ2v) is 8.13. The first-order valence-electron chi connectivity index (χ1n) is 9.06. The van der Waals surface area contributed by atoms with E-state index in [2.05, 4.69) is 19.8 Å². The number of halogens is 3. The van der Waals surface area contributed by atoms with Crippen molar-refractivity contribution in [3.8, 4) is 0 Å². The molecule has 0 bridgehead atoms. The molecule has 1 aromatic carbocycles. The van der Waals surface area contributed by atoms with Crippen LogP contribution < -0.4 is 10.0 Å². The van der Waals surface area contributed by atoms with E-state index in [0.717, 1.165) is 12.3 Å². The fourth-order valence-electron chi connectivity index (χ4n) is 2.35. The van der Waals surface area contributed by atoms with E-state index >= 15 is 0 Å². The minimum absolute atomic E-state index is 0.0355. The summed E-state index contributed by atoms with van der Waals surface area (Å²) in [5, 5.41) is 2.54. The van der Waals surface area contributed by atoms with Gasteiger partial charge in [-0.15, -0.1) is 0 Å². The van der Waals surface area contributed by atoms with Crippen molar-refractivity contribution in [3.05, 3.63) is 59.4 Å². The lowest BCUT2D eigenvalue weighted by molar-refractivity contribution is -0.143. The highest BCUT2D eigenvalue weighted by Crippen LogP contribution is 2.27. The third kappa shape index (κ3) is 7.89. The molecule has 12 heteroatoms. The predicted octanol–water partition coefficient (Wildman–Crippen LogP) is 2.73. The van der Waals surface area contributed by atoms with Gasteiger partial charge in [-0.05, 0) is 42.8 Å². The molecule has 0 fully saturated rings. The standard InChI is InChI=1S/C19H20F3N3O5S/c1-2-30-17(26)9-10-31(28,29)25-15-6-4-14(5-7-15)18(27)24-12-13-3-8-16(23-11-13)19(20,21)22/h3-8,11,25H,2,9-10,12H2,1H3,(H,24,27). The van der Waals surface area contributed by atoms with Crippen LogP contribution in [0.4, 0.5) is 18.9 Å². The number of alkyl halides is 3. The number of nitrogens with one attached hydrogen (secondary N) is 2. The van der Waals surface area contributed by atoms with Crippen LogP contribution in [0, 0.1) is 0 Å². The van der Waals surface area contributed by atoms with Gasteiger partial charge in [0.15, 0.2) is 0 Å². The van der Waals surface area contributed by atoms with Crippen LogP contribution >= 0.6 is 0 Å². The Morgan fingerprint density at radius 3 is 2.32 bits per heavy atom. The number of rotatable bonds is 9. The fourth-order valence-corrected chi connectivity index (χ4v) is 3.38. The molecular formula is C19H20F3N3O5S. The second kappa shape index (κ2) is 10.2. The molecule has 2 N–H and O–H groups in total. The van der Waals surface area contributed by atoms with E-state index < -0.39 is 39.5 Å². The summed E-state index contributed by atoms with van der Waals surface area (Å²) >= 11 is 0. The molecule has 0 spiro atoms. The minimum Gasteiger partial charge on any atom is -0.466 e. The van der Waals surface area contributed by atoms with Crippen molar-refractivity contribution in [1.82, 2.24) is 10.3 Å². The van der Waals surface area contributed by atoms with Crippen molar-refractivity contribution in [1.29, 1.82) is 0 Å². The zero-order valence-corrected chi connectivity index (χ0v) is 17.2. The van der Waals surface area contributed by atoms with Gasteiger partial charge in [0.05, 0.1) is 18.8 Å². The zero-order valence-electron chi connectivity index (χ0n) is 16.4. The summed E-state index contributed by atoms with van der Waals surface area (Å²) in [6, 6.07) is 7.54. The molecule has 0 aliphatic heterocycles. The largest absolute Gasteiger partial charge is 0.466 e. The molecule has 0 atom stereocenters. The third-order valence-corrected chi connectivity index (χ3v) is 5.16. The number of hydrogen-bond acceptors (Lipinski definition) is 6. The Morgan fingerprint density at radius 2 is 1.77 bits per heavy atom. The first-order valence-corrected chi connectivity index (χ1v) is 10.7. The van der Waals surface area contributed by atoms with Crippen LogP contribution in [0.25, 0.3) is 0 Å². The molecule has 0 radical (unpaired) electrons. The summed E-state index contributed by atoms with van der Waals surface area (Å²) in [5.41, 5.74) is -0.225. The number of anilines is 1. The third-order valence-electron chi connectivity index (χ3n) is 3.87. The maximum Gasteiger partial charge on any atom is 0.433 e. The first kappa shape index (κ1) is 24.1. The predicted molar refractivity (Wildman–Crippen MR) is 106 cm³/mol. The van der Waals surface area contributed by atoms with Gasteiger partial charge < -0.3 is 10.1 Å². The highest BCUT2D eigenvalue weighted by molar-refractivity contribution is 7.92. The van der Waals surface area contributed by atoms with E-state index in [4.69, 9.17) is 0 Å². The van der Waals surface area contributed by atoms with Crippen molar-refractivity contribution in [3.63, 3.8) is 0 Å². The van der Waals surface area contributed by atoms with Gasteiger partial charge in [-0.2, -0.15) is 13.2 Å². The van der Waals surface area contributed by atoms with Crippen LogP contribution in [-0.2, 0) is 32.3 Å². The minimum atomic E-state index is -4.54. The van der Waals surface area contributed by atoms with Crippen molar-refractivity contribution >= 4 is 27.6 Å². The Balaban J connectivity index is 1.89. The van der Waals surface area contributed by atoms with Crippen LogP contribution in [-0.4, -0.2) is 37.6 Å². The van der Waals surface area contributed by atoms with Gasteiger partial charge in [-0.1, -0.05) is 6.07 Å². The van der Waals surface area contributed by atoms with E-state index in [1.807, 2.05) is 0 Å². The number of hydrogen-bond donors (Lipinski definition) is 2. The summed E-state index contributed by atoms with van der Waals surface area (Å²) in [4.78, 5) is 26.8. The quantitative estimate of drug-likeness (QED) is 0.558. The van der Waals surface area contributed by atoms with Gasteiger partial charge in [0.2, 0.25) is 10.0 Å². The van der Waals surface area contributed by atoms with Crippen LogP contribution in [0.5, 0.6) is 0 Å². The summed E-state index contributed by atoms with van der Waals surface area (Å²) in [5.74, 6) is -1.57. The number of benzene rings is 1. The lowest BCUT2D eigenvalue weighted by Crippen LogP contribution is -2.23. The number of sulfonamides is 1. The molecule has 0 saturated heterocycles. The first-order chi connectivity index (χ1) is 14.5. The summed E-state index contributed by atoms with van der Waals surface area (Å²) in [7, 11) is -3.78. The molecule has 2 aromatic rings. The second-order valence-electron chi connectivity index (χ2n) is 6.29. The van der Waals surface area contributed by atoms with Gasteiger partial charge in [0.1, 0.15) is 5.69 Å². The smallest absolute Gasteiger partial charge is 0.433 e. The molecule has 2 rings (SSSR count). The number of amides is 1. The van der Waals surface area contributed by atoms with Crippen LogP contribution in [0.1, 0.15) is 35.0 Å². The summed E-state index contributed by atoms with van der Waals surface area (Å²) < 4.78 is 68.5. The van der Waals surface area contributed by atoms with Gasteiger partial charge in [-0.3, -0.25) is 19.3 Å². The van der Waals surface area contributed by atoms with E-state index in [9.17, 15) is 31.2 Å². The van der Waals surface area contributed by atoms with Crippen LogP contribution in [0.15, 0.2) is 42.6 Å². The number of aromatic nitrogens is 1. The SMILES string of the molecule is CCOC(=O)CCS(=O)(=O)Nc1ccc(C(=O)NCc2ccc(C(F)(F)F)nc2)cc1. The highest BCUT2D eigenvalue weighted by Gasteiger charge is 2.32. The Morgan fingerprint density at radius 1 is 1.10 bits per heavy atom. The van der Waals surface area contributed by atoms with Crippen molar-refractivity contribution in [2.45, 2.75) is 26.1 Å². The Bertz CT molecular complexity index is 1010. The Kier molecular flexibility index (Phi) is 7.97. The normalized spacial score (nSPS) is 11.6. The zero-order chi connectivity index (χ0) is 23.1. The fraction of sp³-hybridized carbons (Fsp3) is 0.316. The van der Waals surface area contributed by atoms with Crippen molar-refractivity contribution in [2.75, 3.05) is 17.1 Å². The van der Waals surface area contributed by atoms with E-state index in [1.54, 1.807) is 6.92 Å². The van der Waals surface area contributed by atoms with Crippen molar-refractivity contribution in [2.24, 2.45) is 0 Å². The molecule has 0 saturated carbocycles. The Labute approximate surface area is 176 Å². The molecule has 0 aliphatic rings. The topological polar surface area (TPSA) is 114 Å². The van der Waals surface area contributed by atoms with Gasteiger partial charge >= 0.3 is 12.1 Å². The molecule has 1 amide bonds. The van der Waals surface area contributed by atoms with E-state index in [0.29, 0.717) is 5.56 Å².